The molecule has 8 nitrogen and oxygen atoms in total. The maximum atomic E-state index is 12.3. The molecular formula is C11H17N5O3S. The highest BCUT2D eigenvalue weighted by Gasteiger charge is 2.24. The first-order valence-electron chi connectivity index (χ1n) is 6.02. The topological polar surface area (TPSA) is 111 Å². The third-order valence-corrected chi connectivity index (χ3v) is 4.18. The molecule has 0 aliphatic heterocycles. The number of fused-ring (bicyclic) bond motifs is 1. The Balaban J connectivity index is 2.35. The molecule has 0 bridgehead atoms. The number of nitrogens with two attached hydrogens (primary N) is 1. The van der Waals surface area contributed by atoms with Crippen molar-refractivity contribution in [1.29, 1.82) is 0 Å². The molecule has 2 heterocycles. The largest absolute Gasteiger partial charge is 0.385 e. The first kappa shape index (κ1) is 14.7. The molecule has 2 aromatic rings. The van der Waals surface area contributed by atoms with E-state index in [-0.39, 0.29) is 17.4 Å². The quantitative estimate of drug-likeness (QED) is 0.375. The minimum Gasteiger partial charge on any atom is -0.385 e. The van der Waals surface area contributed by atoms with Crippen molar-refractivity contribution in [2.75, 3.05) is 25.7 Å². The van der Waals surface area contributed by atoms with Gasteiger partial charge in [-0.15, -0.1) is 0 Å². The fourth-order valence-electron chi connectivity index (χ4n) is 1.82. The molecule has 20 heavy (non-hydrogen) atoms. The fraction of sp³-hybridized carbons (Fsp3) is 0.364. The van der Waals surface area contributed by atoms with E-state index in [1.807, 2.05) is 0 Å². The van der Waals surface area contributed by atoms with Gasteiger partial charge in [-0.25, -0.2) is 24.0 Å². The van der Waals surface area contributed by atoms with Crippen LogP contribution in [0.1, 0.15) is 6.42 Å². The second-order valence-electron chi connectivity index (χ2n) is 4.08. The minimum absolute atomic E-state index is 0.00647. The Morgan fingerprint density at radius 2 is 2.25 bits per heavy atom. The van der Waals surface area contributed by atoms with Crippen LogP contribution in [0.15, 0.2) is 29.4 Å². The van der Waals surface area contributed by atoms with Crippen molar-refractivity contribution in [1.82, 2.24) is 14.1 Å². The van der Waals surface area contributed by atoms with Crippen LogP contribution in [0, 0.1) is 0 Å². The molecule has 0 atom stereocenters. The van der Waals surface area contributed by atoms with E-state index < -0.39 is 10.0 Å². The third kappa shape index (κ3) is 2.90. The Bertz CT molecular complexity index is 682. The number of hydrogen-bond acceptors (Lipinski definition) is 6. The van der Waals surface area contributed by atoms with E-state index in [0.29, 0.717) is 18.7 Å². The summed E-state index contributed by atoms with van der Waals surface area (Å²) < 4.78 is 33.5. The number of aromatic nitrogens is 2. The summed E-state index contributed by atoms with van der Waals surface area (Å²) in [6.45, 7) is 0.762. The van der Waals surface area contributed by atoms with Crippen LogP contribution >= 0.6 is 0 Å². The van der Waals surface area contributed by atoms with Crippen LogP contribution < -0.4 is 16.0 Å². The molecule has 0 unspecified atom stereocenters. The standard InChI is InChI=1S/C11H17N5O3S/c1-19-8-4-6-13-20(17,18)11-10(15-12)14-9-5-2-3-7-16(9)11/h2-3,5,7,13,15H,4,6,8,12H2,1H3. The van der Waals surface area contributed by atoms with Gasteiger partial charge in [0, 0.05) is 26.5 Å². The molecule has 110 valence electrons. The summed E-state index contributed by atoms with van der Waals surface area (Å²) in [5, 5.41) is -0.00647. The van der Waals surface area contributed by atoms with E-state index in [4.69, 9.17) is 10.6 Å². The van der Waals surface area contributed by atoms with Crippen molar-refractivity contribution in [3.8, 4) is 0 Å². The van der Waals surface area contributed by atoms with Crippen molar-refractivity contribution in [2.24, 2.45) is 5.84 Å². The van der Waals surface area contributed by atoms with Gasteiger partial charge in [-0.3, -0.25) is 4.40 Å². The molecule has 0 radical (unpaired) electrons. The van der Waals surface area contributed by atoms with E-state index in [9.17, 15) is 8.42 Å². The zero-order valence-electron chi connectivity index (χ0n) is 11.0. The fourth-order valence-corrected chi connectivity index (χ4v) is 3.14. The lowest BCUT2D eigenvalue weighted by Crippen LogP contribution is -2.28. The number of ether oxygens (including phenoxy) is 1. The van der Waals surface area contributed by atoms with E-state index in [1.165, 1.54) is 4.40 Å². The Morgan fingerprint density at radius 1 is 1.45 bits per heavy atom. The van der Waals surface area contributed by atoms with Gasteiger partial charge < -0.3 is 10.2 Å². The Hall–Kier alpha value is -1.68. The summed E-state index contributed by atoms with van der Waals surface area (Å²) in [7, 11) is -2.15. The van der Waals surface area contributed by atoms with Crippen molar-refractivity contribution in [2.45, 2.75) is 11.4 Å². The van der Waals surface area contributed by atoms with Crippen molar-refractivity contribution < 1.29 is 13.2 Å². The zero-order chi connectivity index (χ0) is 14.6. The van der Waals surface area contributed by atoms with Crippen LogP contribution in [-0.2, 0) is 14.8 Å². The third-order valence-electron chi connectivity index (χ3n) is 2.69. The summed E-state index contributed by atoms with van der Waals surface area (Å²) in [6.07, 6.45) is 2.20. The van der Waals surface area contributed by atoms with Gasteiger partial charge >= 0.3 is 0 Å². The second-order valence-corrected chi connectivity index (χ2v) is 5.77. The molecule has 0 saturated heterocycles. The van der Waals surface area contributed by atoms with Crippen LogP contribution in [0.4, 0.5) is 5.82 Å². The summed E-state index contributed by atoms with van der Waals surface area (Å²) in [6, 6.07) is 5.19. The number of rotatable bonds is 7. The molecule has 0 aliphatic carbocycles. The predicted molar refractivity (Wildman–Crippen MR) is 74.7 cm³/mol. The molecule has 2 aromatic heterocycles. The highest BCUT2D eigenvalue weighted by atomic mass is 32.2. The first-order valence-corrected chi connectivity index (χ1v) is 7.51. The number of pyridine rings is 1. The van der Waals surface area contributed by atoms with Crippen molar-refractivity contribution in [3.05, 3.63) is 24.4 Å². The SMILES string of the molecule is COCCCNS(=O)(=O)c1c(NN)nc2ccccn12. The monoisotopic (exact) mass is 299 g/mol. The normalized spacial score (nSPS) is 11.9. The zero-order valence-corrected chi connectivity index (χ0v) is 11.9. The maximum absolute atomic E-state index is 12.3. The molecule has 2 rings (SSSR count). The van der Waals surface area contributed by atoms with Crippen molar-refractivity contribution >= 4 is 21.5 Å². The lowest BCUT2D eigenvalue weighted by molar-refractivity contribution is 0.196. The van der Waals surface area contributed by atoms with Crippen LogP contribution in [0.25, 0.3) is 5.65 Å². The minimum atomic E-state index is -3.71. The molecule has 0 amide bonds. The van der Waals surface area contributed by atoms with E-state index in [0.717, 1.165) is 0 Å². The Labute approximate surface area is 117 Å². The number of anilines is 1. The average Bonchev–Trinajstić information content (AvgIpc) is 2.83. The molecule has 0 fully saturated rings. The second kappa shape index (κ2) is 6.18. The van der Waals surface area contributed by atoms with Gasteiger partial charge in [0.25, 0.3) is 10.0 Å². The van der Waals surface area contributed by atoms with Crippen LogP contribution in [0.5, 0.6) is 0 Å². The molecule has 9 heteroatoms. The number of nitrogens with zero attached hydrogens (tertiary/aromatic N) is 2. The van der Waals surface area contributed by atoms with Crippen LogP contribution in [-0.4, -0.2) is 38.1 Å². The Kier molecular flexibility index (Phi) is 4.55. The number of imidazole rings is 1. The van der Waals surface area contributed by atoms with Gasteiger partial charge in [-0.1, -0.05) is 6.07 Å². The highest BCUT2D eigenvalue weighted by Crippen LogP contribution is 2.21. The summed E-state index contributed by atoms with van der Waals surface area (Å²) in [5.41, 5.74) is 2.81. The van der Waals surface area contributed by atoms with Gasteiger partial charge in [0.2, 0.25) is 0 Å². The molecule has 4 N–H and O–H groups in total. The predicted octanol–water partition coefficient (Wildman–Crippen LogP) is -0.0653. The maximum Gasteiger partial charge on any atom is 0.260 e. The van der Waals surface area contributed by atoms with Gasteiger partial charge in [-0.2, -0.15) is 0 Å². The lowest BCUT2D eigenvalue weighted by atomic mass is 10.5. The van der Waals surface area contributed by atoms with Crippen molar-refractivity contribution in [3.63, 3.8) is 0 Å². The molecular weight excluding hydrogens is 282 g/mol. The van der Waals surface area contributed by atoms with E-state index in [1.54, 1.807) is 31.5 Å². The highest BCUT2D eigenvalue weighted by molar-refractivity contribution is 7.89. The number of sulfonamides is 1. The van der Waals surface area contributed by atoms with Crippen LogP contribution in [0.3, 0.4) is 0 Å². The average molecular weight is 299 g/mol. The number of nitrogens with one attached hydrogen (secondary N) is 2. The number of hydrazine groups is 1. The number of methoxy groups -OCH3 is 1. The van der Waals surface area contributed by atoms with Gasteiger partial charge in [0.15, 0.2) is 10.8 Å². The lowest BCUT2D eigenvalue weighted by Gasteiger charge is -2.07. The van der Waals surface area contributed by atoms with E-state index in [2.05, 4.69) is 15.1 Å². The van der Waals surface area contributed by atoms with Gasteiger partial charge in [0.1, 0.15) is 5.65 Å². The number of hydrogen-bond donors (Lipinski definition) is 3. The molecule has 0 aliphatic rings. The molecule has 0 saturated carbocycles. The van der Waals surface area contributed by atoms with Crippen LogP contribution in [0.2, 0.25) is 0 Å². The smallest absolute Gasteiger partial charge is 0.260 e. The van der Waals surface area contributed by atoms with E-state index >= 15 is 0 Å². The summed E-state index contributed by atoms with van der Waals surface area (Å²) in [4.78, 5) is 4.12. The van der Waals surface area contributed by atoms with Gasteiger partial charge in [-0.05, 0) is 18.6 Å². The Morgan fingerprint density at radius 3 is 2.95 bits per heavy atom. The molecule has 0 aromatic carbocycles. The summed E-state index contributed by atoms with van der Waals surface area (Å²) >= 11 is 0. The van der Waals surface area contributed by atoms with Gasteiger partial charge in [0.05, 0.1) is 0 Å². The molecule has 0 spiro atoms. The first-order chi connectivity index (χ1) is 9.60. The summed E-state index contributed by atoms with van der Waals surface area (Å²) in [5.74, 6) is 5.46. The number of nitrogen functional groups attached to an aromatic ring is 1.